The molecule has 2 aromatic heterocycles. The van der Waals surface area contributed by atoms with E-state index in [1.165, 1.54) is 12.0 Å². The average molecular weight is 258 g/mol. The van der Waals surface area contributed by atoms with E-state index in [2.05, 4.69) is 26.8 Å². The molecular formula is C14H18N4O. The lowest BCUT2D eigenvalue weighted by Crippen LogP contribution is -2.27. The number of piperidine rings is 1. The molecule has 3 heterocycles. The number of fused-ring (bicyclic) bond motifs is 2. The number of nitrogens with one attached hydrogen (secondary N) is 1. The van der Waals surface area contributed by atoms with Crippen LogP contribution in [0.4, 0.5) is 5.82 Å². The topological polar surface area (TPSA) is 65.0 Å². The number of nitrogens with zero attached hydrogens (tertiary/aromatic N) is 3. The molecule has 1 aliphatic heterocycles. The summed E-state index contributed by atoms with van der Waals surface area (Å²) in [4.78, 5) is 14.4. The van der Waals surface area contributed by atoms with Crippen LogP contribution in [0.1, 0.15) is 18.9 Å². The van der Waals surface area contributed by atoms with Crippen LogP contribution < -0.4 is 4.90 Å². The van der Waals surface area contributed by atoms with Crippen molar-refractivity contribution in [3.8, 4) is 0 Å². The first-order chi connectivity index (χ1) is 9.27. The standard InChI is InChI=1S/C14H18N4O/c1-2-9-4-15-12-11(9)13(17-8-16-12)18-5-10-3-14(10,6-18)7-19/h4,8,10,19H,2-3,5-7H2,1H3,(H,15,16,17). The third-order valence-corrected chi connectivity index (χ3v) is 4.83. The maximum absolute atomic E-state index is 9.54. The van der Waals surface area contributed by atoms with Gasteiger partial charge in [-0.15, -0.1) is 0 Å². The lowest BCUT2D eigenvalue weighted by atomic mass is 10.1. The van der Waals surface area contributed by atoms with Gasteiger partial charge in [0.2, 0.25) is 0 Å². The van der Waals surface area contributed by atoms with Crippen LogP contribution in [0.5, 0.6) is 0 Å². The first kappa shape index (κ1) is 11.2. The number of aryl methyl sites for hydroxylation is 1. The lowest BCUT2D eigenvalue weighted by Gasteiger charge is -2.22. The highest BCUT2D eigenvalue weighted by Gasteiger charge is 2.59. The first-order valence-corrected chi connectivity index (χ1v) is 6.94. The molecule has 1 saturated carbocycles. The van der Waals surface area contributed by atoms with Gasteiger partial charge in [0.05, 0.1) is 12.0 Å². The number of aliphatic hydroxyl groups excluding tert-OH is 1. The Bertz CT molecular complexity index is 633. The maximum Gasteiger partial charge on any atom is 0.143 e. The number of aliphatic hydroxyl groups is 1. The van der Waals surface area contributed by atoms with Crippen LogP contribution in [0, 0.1) is 11.3 Å². The summed E-state index contributed by atoms with van der Waals surface area (Å²) in [6, 6.07) is 0. The number of H-pyrrole nitrogens is 1. The summed E-state index contributed by atoms with van der Waals surface area (Å²) in [5.74, 6) is 1.68. The smallest absolute Gasteiger partial charge is 0.143 e. The highest BCUT2D eigenvalue weighted by molar-refractivity contribution is 5.91. The quantitative estimate of drug-likeness (QED) is 0.872. The molecule has 4 rings (SSSR count). The molecule has 2 unspecified atom stereocenters. The molecule has 5 heteroatoms. The SMILES string of the molecule is CCc1c[nH]c2ncnc(N3CC4CC4(CO)C3)c12. The van der Waals surface area contributed by atoms with Gasteiger partial charge in [0, 0.05) is 24.7 Å². The van der Waals surface area contributed by atoms with E-state index >= 15 is 0 Å². The molecule has 5 nitrogen and oxygen atoms in total. The number of aromatic nitrogens is 3. The monoisotopic (exact) mass is 258 g/mol. The summed E-state index contributed by atoms with van der Waals surface area (Å²) in [6.07, 6.45) is 5.80. The normalized spacial score (nSPS) is 28.9. The zero-order valence-electron chi connectivity index (χ0n) is 11.1. The second-order valence-corrected chi connectivity index (χ2v) is 5.89. The Morgan fingerprint density at radius 1 is 1.53 bits per heavy atom. The van der Waals surface area contributed by atoms with Crippen molar-refractivity contribution in [2.45, 2.75) is 19.8 Å². The average Bonchev–Trinajstić information content (AvgIpc) is 2.84. The summed E-state index contributed by atoms with van der Waals surface area (Å²) >= 11 is 0. The Morgan fingerprint density at radius 2 is 2.42 bits per heavy atom. The molecule has 2 aliphatic rings. The van der Waals surface area contributed by atoms with Crippen LogP contribution in [0.3, 0.4) is 0 Å². The Hall–Kier alpha value is -1.62. The van der Waals surface area contributed by atoms with Gasteiger partial charge in [-0.1, -0.05) is 6.92 Å². The van der Waals surface area contributed by atoms with Crippen LogP contribution in [0.2, 0.25) is 0 Å². The molecule has 1 saturated heterocycles. The van der Waals surface area contributed by atoms with Gasteiger partial charge >= 0.3 is 0 Å². The molecule has 19 heavy (non-hydrogen) atoms. The third kappa shape index (κ3) is 1.45. The molecule has 0 aromatic carbocycles. The van der Waals surface area contributed by atoms with Crippen molar-refractivity contribution in [3.63, 3.8) is 0 Å². The van der Waals surface area contributed by atoms with Gasteiger partial charge in [0.15, 0.2) is 0 Å². The number of rotatable bonds is 3. The van der Waals surface area contributed by atoms with Crippen molar-refractivity contribution in [2.75, 3.05) is 24.6 Å². The van der Waals surface area contributed by atoms with Crippen molar-refractivity contribution >= 4 is 16.9 Å². The van der Waals surface area contributed by atoms with E-state index in [9.17, 15) is 5.11 Å². The van der Waals surface area contributed by atoms with Gasteiger partial charge in [0.1, 0.15) is 17.8 Å². The second-order valence-electron chi connectivity index (χ2n) is 5.89. The van der Waals surface area contributed by atoms with Gasteiger partial charge in [-0.25, -0.2) is 9.97 Å². The van der Waals surface area contributed by atoms with Crippen molar-refractivity contribution in [1.82, 2.24) is 15.0 Å². The van der Waals surface area contributed by atoms with Crippen molar-refractivity contribution in [1.29, 1.82) is 0 Å². The minimum atomic E-state index is 0.153. The van der Waals surface area contributed by atoms with E-state index in [-0.39, 0.29) is 5.41 Å². The number of aromatic amines is 1. The maximum atomic E-state index is 9.54. The predicted octanol–water partition coefficient (Wildman–Crippen LogP) is 1.34. The van der Waals surface area contributed by atoms with E-state index in [1.54, 1.807) is 6.33 Å². The van der Waals surface area contributed by atoms with Gasteiger partial charge < -0.3 is 15.0 Å². The Labute approximate surface area is 111 Å². The molecule has 0 spiro atoms. The molecule has 0 radical (unpaired) electrons. The van der Waals surface area contributed by atoms with Crippen LogP contribution in [-0.2, 0) is 6.42 Å². The van der Waals surface area contributed by atoms with Crippen molar-refractivity contribution < 1.29 is 5.11 Å². The minimum Gasteiger partial charge on any atom is -0.396 e. The van der Waals surface area contributed by atoms with Gasteiger partial charge in [-0.2, -0.15) is 0 Å². The Kier molecular flexibility index (Phi) is 2.18. The fourth-order valence-corrected chi connectivity index (χ4v) is 3.53. The Morgan fingerprint density at radius 3 is 3.16 bits per heavy atom. The highest BCUT2D eigenvalue weighted by Crippen LogP contribution is 2.58. The van der Waals surface area contributed by atoms with E-state index in [4.69, 9.17) is 0 Å². The van der Waals surface area contributed by atoms with E-state index < -0.39 is 0 Å². The van der Waals surface area contributed by atoms with Crippen LogP contribution in [-0.4, -0.2) is 39.8 Å². The van der Waals surface area contributed by atoms with E-state index in [0.29, 0.717) is 12.5 Å². The summed E-state index contributed by atoms with van der Waals surface area (Å²) in [5, 5.41) is 10.7. The molecule has 2 N–H and O–H groups in total. The van der Waals surface area contributed by atoms with Crippen molar-refractivity contribution in [2.24, 2.45) is 11.3 Å². The Balaban J connectivity index is 1.77. The zero-order chi connectivity index (χ0) is 13.0. The summed E-state index contributed by atoms with van der Waals surface area (Å²) in [7, 11) is 0. The summed E-state index contributed by atoms with van der Waals surface area (Å²) < 4.78 is 0. The van der Waals surface area contributed by atoms with Gasteiger partial charge in [-0.3, -0.25) is 0 Å². The fraction of sp³-hybridized carbons (Fsp3) is 0.571. The lowest BCUT2D eigenvalue weighted by molar-refractivity contribution is 0.216. The highest BCUT2D eigenvalue weighted by atomic mass is 16.3. The summed E-state index contributed by atoms with van der Waals surface area (Å²) in [6.45, 7) is 4.39. The third-order valence-electron chi connectivity index (χ3n) is 4.83. The molecule has 0 amide bonds. The largest absolute Gasteiger partial charge is 0.396 e. The predicted molar refractivity (Wildman–Crippen MR) is 73.1 cm³/mol. The fourth-order valence-electron chi connectivity index (χ4n) is 3.53. The van der Waals surface area contributed by atoms with E-state index in [0.717, 1.165) is 36.4 Å². The summed E-state index contributed by atoms with van der Waals surface area (Å²) in [5.41, 5.74) is 2.34. The molecule has 2 atom stereocenters. The molecule has 100 valence electrons. The number of hydrogen-bond acceptors (Lipinski definition) is 4. The zero-order valence-corrected chi connectivity index (χ0v) is 11.1. The second kappa shape index (κ2) is 3.70. The molecular weight excluding hydrogens is 240 g/mol. The first-order valence-electron chi connectivity index (χ1n) is 6.94. The molecule has 1 aliphatic carbocycles. The molecule has 2 fully saturated rings. The molecule has 2 aromatic rings. The number of hydrogen-bond donors (Lipinski definition) is 2. The van der Waals surface area contributed by atoms with Crippen molar-refractivity contribution in [3.05, 3.63) is 18.1 Å². The van der Waals surface area contributed by atoms with Gasteiger partial charge in [0.25, 0.3) is 0 Å². The van der Waals surface area contributed by atoms with Crippen LogP contribution >= 0.6 is 0 Å². The minimum absolute atomic E-state index is 0.153. The van der Waals surface area contributed by atoms with Gasteiger partial charge in [-0.05, 0) is 24.3 Å². The number of anilines is 1. The molecule has 0 bridgehead atoms. The van der Waals surface area contributed by atoms with Crippen LogP contribution in [0.15, 0.2) is 12.5 Å². The van der Waals surface area contributed by atoms with Crippen LogP contribution in [0.25, 0.3) is 11.0 Å². The van der Waals surface area contributed by atoms with E-state index in [1.807, 2.05) is 6.20 Å².